The van der Waals surface area contributed by atoms with Crippen molar-refractivity contribution in [2.24, 2.45) is 7.05 Å². The van der Waals surface area contributed by atoms with Crippen LogP contribution in [-0.4, -0.2) is 26.2 Å². The molecule has 0 spiro atoms. The Kier molecular flexibility index (Phi) is 5.89. The van der Waals surface area contributed by atoms with E-state index in [2.05, 4.69) is 15.6 Å². The van der Waals surface area contributed by atoms with Gasteiger partial charge in [-0.15, -0.1) is 0 Å². The number of nitrogens with zero attached hydrogens (tertiary/aromatic N) is 3. The third-order valence-electron chi connectivity index (χ3n) is 5.08. The van der Waals surface area contributed by atoms with E-state index in [1.165, 1.54) is 29.9 Å². The van der Waals surface area contributed by atoms with Crippen molar-refractivity contribution in [1.82, 2.24) is 14.3 Å². The van der Waals surface area contributed by atoms with Crippen LogP contribution >= 0.6 is 0 Å². The number of hydrogen-bond acceptors (Lipinski definition) is 5. The Morgan fingerprint density at radius 2 is 1.79 bits per heavy atom. The summed E-state index contributed by atoms with van der Waals surface area (Å²) in [7, 11) is 1.71. The minimum Gasteiger partial charge on any atom is -0.457 e. The van der Waals surface area contributed by atoms with E-state index in [0.29, 0.717) is 28.7 Å². The lowest BCUT2D eigenvalue weighted by atomic mass is 10.2. The minimum atomic E-state index is -0.603. The fraction of sp³-hybridized carbons (Fsp3) is 0.120. The van der Waals surface area contributed by atoms with Gasteiger partial charge in [0.1, 0.15) is 22.9 Å². The standard InChI is InChI=1S/C25H23N5O4/c1-16-23(25(33)30(29(16)3)19-7-5-4-6-8-19)24(32)28-18-9-11-20(12-10-18)34-21-13-14-26-22(15-21)27-17(2)31/h4-15H,1-3H3,(H,28,32)(H,26,27,31)/i9D. The molecule has 0 saturated heterocycles. The molecule has 0 aliphatic heterocycles. The Labute approximate surface area is 197 Å². The lowest BCUT2D eigenvalue weighted by molar-refractivity contribution is -0.114. The van der Waals surface area contributed by atoms with Gasteiger partial charge in [0, 0.05) is 31.9 Å². The molecule has 0 aliphatic rings. The molecule has 0 aliphatic carbocycles. The predicted octanol–water partition coefficient (Wildman–Crippen LogP) is 3.88. The van der Waals surface area contributed by atoms with E-state index in [0.717, 1.165) is 0 Å². The highest BCUT2D eigenvalue weighted by molar-refractivity contribution is 6.05. The molecule has 34 heavy (non-hydrogen) atoms. The fourth-order valence-corrected chi connectivity index (χ4v) is 3.43. The molecular weight excluding hydrogens is 434 g/mol. The second-order valence-electron chi connectivity index (χ2n) is 7.49. The number of pyridine rings is 1. The maximum absolute atomic E-state index is 13.1. The van der Waals surface area contributed by atoms with Gasteiger partial charge in [-0.3, -0.25) is 19.1 Å². The first kappa shape index (κ1) is 21.2. The van der Waals surface area contributed by atoms with Crippen LogP contribution in [0.4, 0.5) is 11.5 Å². The summed E-state index contributed by atoms with van der Waals surface area (Å²) in [6, 6.07) is 16.8. The normalized spacial score (nSPS) is 11.0. The Hall–Kier alpha value is -4.66. The van der Waals surface area contributed by atoms with Crippen molar-refractivity contribution < 1.29 is 15.7 Å². The highest BCUT2D eigenvalue weighted by atomic mass is 16.5. The van der Waals surface area contributed by atoms with Crippen molar-refractivity contribution in [2.75, 3.05) is 10.6 Å². The first-order valence-corrected chi connectivity index (χ1v) is 10.4. The molecule has 2 aromatic carbocycles. The van der Waals surface area contributed by atoms with E-state index >= 15 is 0 Å². The van der Waals surface area contributed by atoms with Gasteiger partial charge in [-0.25, -0.2) is 9.67 Å². The Morgan fingerprint density at radius 1 is 1.03 bits per heavy atom. The average Bonchev–Trinajstić information content (AvgIpc) is 3.04. The largest absolute Gasteiger partial charge is 0.457 e. The summed E-state index contributed by atoms with van der Waals surface area (Å²) in [6.07, 6.45) is 1.49. The van der Waals surface area contributed by atoms with Crippen molar-refractivity contribution in [3.05, 3.63) is 94.5 Å². The van der Waals surface area contributed by atoms with E-state index in [4.69, 9.17) is 6.11 Å². The van der Waals surface area contributed by atoms with Crippen LogP contribution < -0.4 is 20.9 Å². The number of para-hydroxylation sites is 1. The van der Waals surface area contributed by atoms with Gasteiger partial charge in [0.15, 0.2) is 0 Å². The molecule has 0 fully saturated rings. The highest BCUT2D eigenvalue weighted by Gasteiger charge is 2.22. The lowest BCUT2D eigenvalue weighted by Gasteiger charge is -2.09. The number of ether oxygens (including phenoxy) is 1. The number of carbonyl (C=O) groups excluding carboxylic acids is 2. The summed E-state index contributed by atoms with van der Waals surface area (Å²) in [6.45, 7) is 3.07. The first-order chi connectivity index (χ1) is 16.7. The number of anilines is 2. The van der Waals surface area contributed by atoms with Crippen LogP contribution in [0.2, 0.25) is 0 Å². The van der Waals surface area contributed by atoms with Gasteiger partial charge >= 0.3 is 0 Å². The minimum absolute atomic E-state index is 0.00151. The quantitative estimate of drug-likeness (QED) is 0.456. The summed E-state index contributed by atoms with van der Waals surface area (Å²) >= 11 is 0. The summed E-state index contributed by atoms with van der Waals surface area (Å²) in [4.78, 5) is 41.3. The monoisotopic (exact) mass is 458 g/mol. The molecule has 9 heteroatoms. The topological polar surface area (TPSA) is 107 Å². The number of benzene rings is 2. The van der Waals surface area contributed by atoms with Gasteiger partial charge in [0.2, 0.25) is 5.91 Å². The molecule has 0 saturated carbocycles. The molecule has 2 heterocycles. The molecular formula is C25H23N5O4. The van der Waals surface area contributed by atoms with Gasteiger partial charge in [-0.05, 0) is 49.4 Å². The Bertz CT molecular complexity index is 1480. The number of carbonyl (C=O) groups is 2. The number of hydrogen-bond donors (Lipinski definition) is 2. The molecule has 172 valence electrons. The maximum Gasteiger partial charge on any atom is 0.284 e. The van der Waals surface area contributed by atoms with Crippen molar-refractivity contribution in [3.8, 4) is 17.2 Å². The zero-order valence-electron chi connectivity index (χ0n) is 19.8. The Morgan fingerprint density at radius 3 is 2.50 bits per heavy atom. The third-order valence-corrected chi connectivity index (χ3v) is 5.08. The van der Waals surface area contributed by atoms with Crippen LogP contribution in [0.25, 0.3) is 5.69 Å². The van der Waals surface area contributed by atoms with Gasteiger partial charge in [-0.1, -0.05) is 18.2 Å². The number of aromatic nitrogens is 3. The molecule has 2 N–H and O–H groups in total. The predicted molar refractivity (Wildman–Crippen MR) is 129 cm³/mol. The molecule has 0 bridgehead atoms. The summed E-state index contributed by atoms with van der Waals surface area (Å²) in [5, 5.41) is 5.23. The molecule has 0 unspecified atom stereocenters. The highest BCUT2D eigenvalue weighted by Crippen LogP contribution is 2.24. The zero-order chi connectivity index (χ0) is 25.1. The van der Waals surface area contributed by atoms with Crippen molar-refractivity contribution >= 4 is 23.3 Å². The van der Waals surface area contributed by atoms with Crippen LogP contribution in [0.3, 0.4) is 0 Å². The van der Waals surface area contributed by atoms with E-state index < -0.39 is 11.5 Å². The second-order valence-corrected chi connectivity index (χ2v) is 7.49. The molecule has 0 radical (unpaired) electrons. The lowest BCUT2D eigenvalue weighted by Crippen LogP contribution is -2.25. The van der Waals surface area contributed by atoms with Crippen LogP contribution in [0.15, 0.2) is 77.7 Å². The zero-order valence-corrected chi connectivity index (χ0v) is 18.8. The number of nitrogens with one attached hydrogen (secondary N) is 2. The molecule has 4 rings (SSSR count). The van der Waals surface area contributed by atoms with E-state index in [1.807, 2.05) is 18.2 Å². The third kappa shape index (κ3) is 4.73. The van der Waals surface area contributed by atoms with Crippen molar-refractivity contribution in [3.63, 3.8) is 0 Å². The summed E-state index contributed by atoms with van der Waals surface area (Å²) in [5.74, 6) is 0.252. The van der Waals surface area contributed by atoms with Crippen LogP contribution in [-0.2, 0) is 11.8 Å². The summed E-state index contributed by atoms with van der Waals surface area (Å²) < 4.78 is 17.1. The molecule has 0 atom stereocenters. The van der Waals surface area contributed by atoms with Crippen LogP contribution in [0.1, 0.15) is 24.3 Å². The smallest absolute Gasteiger partial charge is 0.284 e. The van der Waals surface area contributed by atoms with E-state index in [-0.39, 0.29) is 23.2 Å². The molecule has 4 aromatic rings. The summed E-state index contributed by atoms with van der Waals surface area (Å²) in [5.41, 5.74) is 0.911. The van der Waals surface area contributed by atoms with Gasteiger partial charge in [-0.2, -0.15) is 0 Å². The van der Waals surface area contributed by atoms with Crippen molar-refractivity contribution in [2.45, 2.75) is 13.8 Å². The van der Waals surface area contributed by atoms with E-state index in [1.54, 1.807) is 49.0 Å². The van der Waals surface area contributed by atoms with Crippen LogP contribution in [0, 0.1) is 6.92 Å². The first-order valence-electron chi connectivity index (χ1n) is 10.9. The van der Waals surface area contributed by atoms with Crippen LogP contribution in [0.5, 0.6) is 11.5 Å². The molecule has 2 amide bonds. The fourth-order valence-electron chi connectivity index (χ4n) is 3.43. The second kappa shape index (κ2) is 9.45. The maximum atomic E-state index is 13.1. The average molecular weight is 458 g/mol. The number of amides is 2. The van der Waals surface area contributed by atoms with Crippen molar-refractivity contribution in [1.29, 1.82) is 0 Å². The molecule has 2 aromatic heterocycles. The SMILES string of the molecule is [2H]c1cc(Oc2ccnc(NC(C)=O)c2)ccc1NC(=O)c1c(C)n(C)n(-c2ccccc2)c1=O. The Balaban J connectivity index is 1.55. The van der Waals surface area contributed by atoms with Gasteiger partial charge in [0.25, 0.3) is 11.5 Å². The molecule has 9 nitrogen and oxygen atoms in total. The number of rotatable bonds is 6. The van der Waals surface area contributed by atoms with Gasteiger partial charge in [0.05, 0.1) is 12.8 Å². The van der Waals surface area contributed by atoms with Gasteiger partial charge < -0.3 is 15.4 Å². The van der Waals surface area contributed by atoms with E-state index in [9.17, 15) is 14.4 Å².